The van der Waals surface area contributed by atoms with E-state index in [1.807, 2.05) is 38.1 Å². The highest BCUT2D eigenvalue weighted by molar-refractivity contribution is 5.78. The SMILES string of the molecule is CCOc1cccc(C(C)NC(=O)CC(C)(C)CC(=O)O)c1. The number of hydrogen-bond donors (Lipinski definition) is 2. The highest BCUT2D eigenvalue weighted by Crippen LogP contribution is 2.26. The van der Waals surface area contributed by atoms with Crippen LogP contribution in [0.25, 0.3) is 0 Å². The van der Waals surface area contributed by atoms with Crippen molar-refractivity contribution < 1.29 is 19.4 Å². The van der Waals surface area contributed by atoms with Crippen molar-refractivity contribution in [1.29, 1.82) is 0 Å². The van der Waals surface area contributed by atoms with Crippen molar-refractivity contribution >= 4 is 11.9 Å². The van der Waals surface area contributed by atoms with Crippen LogP contribution in [0.5, 0.6) is 5.75 Å². The van der Waals surface area contributed by atoms with Crippen LogP contribution in [0.4, 0.5) is 0 Å². The van der Waals surface area contributed by atoms with E-state index in [4.69, 9.17) is 9.84 Å². The Bertz CT molecular complexity index is 525. The molecule has 0 aromatic heterocycles. The van der Waals surface area contributed by atoms with Crippen molar-refractivity contribution in [3.63, 3.8) is 0 Å². The van der Waals surface area contributed by atoms with E-state index in [-0.39, 0.29) is 24.8 Å². The van der Waals surface area contributed by atoms with E-state index in [2.05, 4.69) is 5.32 Å². The van der Waals surface area contributed by atoms with Gasteiger partial charge in [-0.05, 0) is 37.0 Å². The van der Waals surface area contributed by atoms with Gasteiger partial charge in [0.15, 0.2) is 0 Å². The number of carboxylic acid groups (broad SMARTS) is 1. The van der Waals surface area contributed by atoms with E-state index in [1.54, 1.807) is 13.8 Å². The van der Waals surface area contributed by atoms with Gasteiger partial charge >= 0.3 is 5.97 Å². The molecule has 0 aliphatic carbocycles. The molecule has 0 spiro atoms. The first-order valence-electron chi connectivity index (χ1n) is 7.47. The second-order valence-corrected chi connectivity index (χ2v) is 6.21. The van der Waals surface area contributed by atoms with E-state index in [1.165, 1.54) is 0 Å². The van der Waals surface area contributed by atoms with Crippen molar-refractivity contribution in [1.82, 2.24) is 5.32 Å². The molecule has 0 saturated carbocycles. The van der Waals surface area contributed by atoms with Gasteiger partial charge in [0.05, 0.1) is 19.1 Å². The van der Waals surface area contributed by atoms with Crippen LogP contribution in [0.15, 0.2) is 24.3 Å². The zero-order chi connectivity index (χ0) is 16.8. The molecule has 5 nitrogen and oxygen atoms in total. The number of carboxylic acids is 1. The summed E-state index contributed by atoms with van der Waals surface area (Å²) in [6.45, 7) is 7.96. The fourth-order valence-electron chi connectivity index (χ4n) is 2.32. The first kappa shape index (κ1) is 18.0. The fraction of sp³-hybridized carbons (Fsp3) is 0.529. The Labute approximate surface area is 131 Å². The van der Waals surface area contributed by atoms with Crippen molar-refractivity contribution in [3.05, 3.63) is 29.8 Å². The Kier molecular flexibility index (Phi) is 6.40. The summed E-state index contributed by atoms with van der Waals surface area (Å²) in [6, 6.07) is 7.43. The molecule has 0 radical (unpaired) electrons. The number of aliphatic carboxylic acids is 1. The lowest BCUT2D eigenvalue weighted by Crippen LogP contribution is -2.31. The van der Waals surface area contributed by atoms with Gasteiger partial charge in [0.1, 0.15) is 5.75 Å². The van der Waals surface area contributed by atoms with E-state index < -0.39 is 11.4 Å². The van der Waals surface area contributed by atoms with Gasteiger partial charge in [0.25, 0.3) is 0 Å². The van der Waals surface area contributed by atoms with E-state index in [0.29, 0.717) is 6.61 Å². The number of amides is 1. The standard InChI is InChI=1S/C17H25NO4/c1-5-22-14-8-6-7-13(9-14)12(2)18-15(19)10-17(3,4)11-16(20)21/h6-9,12H,5,10-11H2,1-4H3,(H,18,19)(H,20,21). The summed E-state index contributed by atoms with van der Waals surface area (Å²) < 4.78 is 5.45. The average Bonchev–Trinajstić information content (AvgIpc) is 2.36. The van der Waals surface area contributed by atoms with Gasteiger partial charge in [-0.25, -0.2) is 0 Å². The number of carbonyl (C=O) groups is 2. The molecular weight excluding hydrogens is 282 g/mol. The quantitative estimate of drug-likeness (QED) is 0.773. The summed E-state index contributed by atoms with van der Waals surface area (Å²) in [6.07, 6.45) is 0.142. The van der Waals surface area contributed by atoms with E-state index >= 15 is 0 Å². The minimum absolute atomic E-state index is 0.0331. The molecule has 1 atom stereocenters. The summed E-state index contributed by atoms with van der Waals surface area (Å²) in [7, 11) is 0. The molecule has 5 heteroatoms. The average molecular weight is 307 g/mol. The second kappa shape index (κ2) is 7.82. The van der Waals surface area contributed by atoms with Crippen molar-refractivity contribution in [2.45, 2.75) is 46.6 Å². The maximum atomic E-state index is 12.1. The normalized spacial score (nSPS) is 12.5. The molecule has 1 unspecified atom stereocenters. The van der Waals surface area contributed by atoms with E-state index in [0.717, 1.165) is 11.3 Å². The second-order valence-electron chi connectivity index (χ2n) is 6.21. The molecular formula is C17H25NO4. The monoisotopic (exact) mass is 307 g/mol. The number of benzene rings is 1. The molecule has 0 bridgehead atoms. The summed E-state index contributed by atoms with van der Waals surface area (Å²) in [4.78, 5) is 22.9. The summed E-state index contributed by atoms with van der Waals surface area (Å²) >= 11 is 0. The number of rotatable bonds is 8. The molecule has 2 N–H and O–H groups in total. The van der Waals surface area contributed by atoms with Crippen molar-refractivity contribution in [2.24, 2.45) is 5.41 Å². The molecule has 122 valence electrons. The lowest BCUT2D eigenvalue weighted by atomic mass is 9.85. The van der Waals surface area contributed by atoms with Gasteiger partial charge in [-0.1, -0.05) is 26.0 Å². The van der Waals surface area contributed by atoms with Gasteiger partial charge in [0.2, 0.25) is 5.91 Å². The Balaban J connectivity index is 2.64. The highest BCUT2D eigenvalue weighted by atomic mass is 16.5. The Morgan fingerprint density at radius 1 is 1.32 bits per heavy atom. The largest absolute Gasteiger partial charge is 0.494 e. The van der Waals surface area contributed by atoms with Gasteiger partial charge < -0.3 is 15.2 Å². The van der Waals surface area contributed by atoms with Crippen LogP contribution in [0.3, 0.4) is 0 Å². The molecule has 0 heterocycles. The van der Waals surface area contributed by atoms with Crippen molar-refractivity contribution in [2.75, 3.05) is 6.61 Å². The minimum atomic E-state index is -0.893. The topological polar surface area (TPSA) is 75.6 Å². The Morgan fingerprint density at radius 3 is 2.59 bits per heavy atom. The zero-order valence-electron chi connectivity index (χ0n) is 13.7. The van der Waals surface area contributed by atoms with Crippen LogP contribution in [-0.2, 0) is 9.59 Å². The lowest BCUT2D eigenvalue weighted by Gasteiger charge is -2.23. The van der Waals surface area contributed by atoms with Gasteiger partial charge in [-0.15, -0.1) is 0 Å². The number of nitrogens with one attached hydrogen (secondary N) is 1. The number of hydrogen-bond acceptors (Lipinski definition) is 3. The third-order valence-corrected chi connectivity index (χ3v) is 3.32. The van der Waals surface area contributed by atoms with Crippen LogP contribution in [0.1, 0.15) is 52.1 Å². The maximum Gasteiger partial charge on any atom is 0.303 e. The first-order chi connectivity index (χ1) is 10.2. The highest BCUT2D eigenvalue weighted by Gasteiger charge is 2.25. The summed E-state index contributed by atoms with van der Waals surface area (Å²) in [5.41, 5.74) is 0.387. The van der Waals surface area contributed by atoms with Crippen LogP contribution >= 0.6 is 0 Å². The molecule has 0 aliphatic rings. The molecule has 0 fully saturated rings. The minimum Gasteiger partial charge on any atom is -0.494 e. The van der Waals surface area contributed by atoms with Crippen molar-refractivity contribution in [3.8, 4) is 5.75 Å². The summed E-state index contributed by atoms with van der Waals surface area (Å²) in [5.74, 6) is -0.275. The van der Waals surface area contributed by atoms with Crippen LogP contribution < -0.4 is 10.1 Å². The molecule has 1 amide bonds. The third-order valence-electron chi connectivity index (χ3n) is 3.32. The fourth-order valence-corrected chi connectivity index (χ4v) is 2.32. The smallest absolute Gasteiger partial charge is 0.303 e. The molecule has 0 aliphatic heterocycles. The first-order valence-corrected chi connectivity index (χ1v) is 7.47. The maximum absolute atomic E-state index is 12.1. The van der Waals surface area contributed by atoms with Gasteiger partial charge in [-0.2, -0.15) is 0 Å². The molecule has 1 rings (SSSR count). The van der Waals surface area contributed by atoms with Gasteiger partial charge in [-0.3, -0.25) is 9.59 Å². The molecule has 1 aromatic carbocycles. The lowest BCUT2D eigenvalue weighted by molar-refractivity contribution is -0.139. The van der Waals surface area contributed by atoms with E-state index in [9.17, 15) is 9.59 Å². The van der Waals surface area contributed by atoms with Crippen LogP contribution in [-0.4, -0.2) is 23.6 Å². The molecule has 0 saturated heterocycles. The molecule has 1 aromatic rings. The predicted octanol–water partition coefficient (Wildman–Crippen LogP) is 3.15. The Hall–Kier alpha value is -2.04. The van der Waals surface area contributed by atoms with Crippen LogP contribution in [0, 0.1) is 5.41 Å². The number of carbonyl (C=O) groups excluding carboxylic acids is 1. The zero-order valence-corrected chi connectivity index (χ0v) is 13.7. The van der Waals surface area contributed by atoms with Gasteiger partial charge in [0, 0.05) is 6.42 Å². The Morgan fingerprint density at radius 2 is 2.00 bits per heavy atom. The molecule has 22 heavy (non-hydrogen) atoms. The summed E-state index contributed by atoms with van der Waals surface area (Å²) in [5, 5.41) is 11.8. The third kappa shape index (κ3) is 6.16. The number of ether oxygens (including phenoxy) is 1. The predicted molar refractivity (Wildman–Crippen MR) is 84.8 cm³/mol. The van der Waals surface area contributed by atoms with Crippen LogP contribution in [0.2, 0.25) is 0 Å².